The van der Waals surface area contributed by atoms with Crippen LogP contribution in [0.4, 0.5) is 5.69 Å². The van der Waals surface area contributed by atoms with Crippen molar-refractivity contribution in [1.29, 1.82) is 0 Å². The monoisotopic (exact) mass is 508 g/mol. The van der Waals surface area contributed by atoms with E-state index in [-0.39, 0.29) is 17.8 Å². The van der Waals surface area contributed by atoms with Gasteiger partial charge in [0.2, 0.25) is 5.91 Å². The van der Waals surface area contributed by atoms with Gasteiger partial charge in [0.1, 0.15) is 5.75 Å². The van der Waals surface area contributed by atoms with E-state index in [9.17, 15) is 4.79 Å². The van der Waals surface area contributed by atoms with Crippen LogP contribution in [0.15, 0.2) is 52.1 Å². The highest BCUT2D eigenvalue weighted by atomic mass is 79.9. The molecule has 1 amide bonds. The summed E-state index contributed by atoms with van der Waals surface area (Å²) in [7, 11) is 1.86. The van der Waals surface area contributed by atoms with Gasteiger partial charge in [-0.05, 0) is 49.2 Å². The maximum Gasteiger partial charge on any atom is 0.234 e. The van der Waals surface area contributed by atoms with Crippen molar-refractivity contribution in [2.75, 3.05) is 11.1 Å². The van der Waals surface area contributed by atoms with Crippen LogP contribution in [-0.2, 0) is 18.3 Å². The number of carbonyl (C=O) groups excluding carboxylic acids is 1. The molecule has 0 saturated heterocycles. The first-order chi connectivity index (χ1) is 14.4. The van der Waals surface area contributed by atoms with Crippen LogP contribution < -0.4 is 10.1 Å². The first-order valence-electron chi connectivity index (χ1n) is 9.40. The number of hydrogen-bond acceptors (Lipinski definition) is 5. The summed E-state index contributed by atoms with van der Waals surface area (Å²) in [4.78, 5) is 12.3. The fraction of sp³-hybridized carbons (Fsp3) is 0.286. The SMILES string of the molecule is CCc1ccc(OC(C)c2nnc(SCC(=O)Nc3ccc(Br)cc3Cl)n2C)cc1. The Labute approximate surface area is 193 Å². The fourth-order valence-electron chi connectivity index (χ4n) is 2.77. The van der Waals surface area contributed by atoms with Gasteiger partial charge in [-0.15, -0.1) is 10.2 Å². The van der Waals surface area contributed by atoms with E-state index in [1.807, 2.05) is 36.7 Å². The standard InChI is InChI=1S/C21H22BrClN4O2S/c1-4-14-5-8-16(9-6-14)29-13(2)20-25-26-21(27(20)3)30-12-19(28)24-18-10-7-15(22)11-17(18)23/h5-11,13H,4,12H2,1-3H3,(H,24,28). The van der Waals surface area contributed by atoms with Gasteiger partial charge < -0.3 is 14.6 Å². The molecule has 3 aromatic rings. The topological polar surface area (TPSA) is 69.0 Å². The molecule has 0 aliphatic heterocycles. The molecule has 0 radical (unpaired) electrons. The molecule has 0 spiro atoms. The third-order valence-electron chi connectivity index (χ3n) is 4.41. The molecule has 0 fully saturated rings. The molecule has 1 heterocycles. The van der Waals surface area contributed by atoms with Crippen molar-refractivity contribution in [3.05, 3.63) is 63.3 Å². The zero-order chi connectivity index (χ0) is 21.7. The van der Waals surface area contributed by atoms with Gasteiger partial charge in [0.25, 0.3) is 0 Å². The van der Waals surface area contributed by atoms with E-state index in [1.54, 1.807) is 12.1 Å². The zero-order valence-corrected chi connectivity index (χ0v) is 20.0. The van der Waals surface area contributed by atoms with E-state index in [4.69, 9.17) is 16.3 Å². The van der Waals surface area contributed by atoms with Gasteiger partial charge >= 0.3 is 0 Å². The Balaban J connectivity index is 1.58. The number of aromatic nitrogens is 3. The molecule has 158 valence electrons. The lowest BCUT2D eigenvalue weighted by Gasteiger charge is -2.14. The molecule has 0 aliphatic rings. The van der Waals surface area contributed by atoms with E-state index in [1.165, 1.54) is 17.3 Å². The Kier molecular flexibility index (Phi) is 7.80. The number of thioether (sulfide) groups is 1. The van der Waals surface area contributed by atoms with Gasteiger partial charge in [-0.25, -0.2) is 0 Å². The van der Waals surface area contributed by atoms with Crippen LogP contribution in [0.3, 0.4) is 0 Å². The molecule has 9 heteroatoms. The quantitative estimate of drug-likeness (QED) is 0.397. The molecule has 1 N–H and O–H groups in total. The Hall–Kier alpha value is -2.03. The number of nitrogens with zero attached hydrogens (tertiary/aromatic N) is 3. The normalized spacial score (nSPS) is 11.9. The number of ether oxygens (including phenoxy) is 1. The summed E-state index contributed by atoms with van der Waals surface area (Å²) in [5, 5.41) is 12.4. The smallest absolute Gasteiger partial charge is 0.234 e. The van der Waals surface area contributed by atoms with E-state index >= 15 is 0 Å². The Morgan fingerprint density at radius 2 is 2.00 bits per heavy atom. The first-order valence-corrected chi connectivity index (χ1v) is 11.6. The summed E-state index contributed by atoms with van der Waals surface area (Å²) in [6, 6.07) is 13.3. The molecular formula is C21H22BrClN4O2S. The molecule has 0 aliphatic carbocycles. The lowest BCUT2D eigenvalue weighted by atomic mass is 10.2. The molecular weight excluding hydrogens is 488 g/mol. The molecule has 1 unspecified atom stereocenters. The van der Waals surface area contributed by atoms with E-state index in [0.717, 1.165) is 16.6 Å². The van der Waals surface area contributed by atoms with Crippen molar-refractivity contribution in [2.45, 2.75) is 31.5 Å². The summed E-state index contributed by atoms with van der Waals surface area (Å²) in [6.45, 7) is 4.04. The molecule has 2 aromatic carbocycles. The molecule has 0 bridgehead atoms. The number of anilines is 1. The van der Waals surface area contributed by atoms with E-state index in [0.29, 0.717) is 21.7 Å². The van der Waals surface area contributed by atoms with Gasteiger partial charge in [0.05, 0.1) is 16.5 Å². The van der Waals surface area contributed by atoms with Crippen LogP contribution in [0, 0.1) is 0 Å². The molecule has 0 saturated carbocycles. The highest BCUT2D eigenvalue weighted by molar-refractivity contribution is 9.10. The number of aryl methyl sites for hydroxylation is 1. The minimum Gasteiger partial charge on any atom is -0.483 e. The molecule has 1 atom stereocenters. The summed E-state index contributed by atoms with van der Waals surface area (Å²) in [6.07, 6.45) is 0.709. The number of nitrogens with one attached hydrogen (secondary N) is 1. The van der Waals surface area contributed by atoms with Crippen molar-refractivity contribution >= 4 is 50.9 Å². The largest absolute Gasteiger partial charge is 0.483 e. The van der Waals surface area contributed by atoms with Crippen molar-refractivity contribution in [1.82, 2.24) is 14.8 Å². The molecule has 3 rings (SSSR count). The van der Waals surface area contributed by atoms with Crippen LogP contribution >= 0.6 is 39.3 Å². The summed E-state index contributed by atoms with van der Waals surface area (Å²) >= 11 is 10.8. The fourth-order valence-corrected chi connectivity index (χ4v) is 4.21. The van der Waals surface area contributed by atoms with E-state index in [2.05, 4.69) is 50.5 Å². The summed E-state index contributed by atoms with van der Waals surface area (Å²) in [5.41, 5.74) is 1.83. The number of rotatable bonds is 8. The lowest BCUT2D eigenvalue weighted by molar-refractivity contribution is -0.113. The van der Waals surface area contributed by atoms with E-state index < -0.39 is 0 Å². The van der Waals surface area contributed by atoms with Crippen LogP contribution in [0.1, 0.15) is 31.3 Å². The number of halogens is 2. The second-order valence-electron chi connectivity index (χ2n) is 6.62. The predicted octanol–water partition coefficient (Wildman–Crippen LogP) is 5.66. The van der Waals surface area contributed by atoms with Crippen molar-refractivity contribution < 1.29 is 9.53 Å². The minimum atomic E-state index is -0.278. The highest BCUT2D eigenvalue weighted by Crippen LogP contribution is 2.27. The Morgan fingerprint density at radius 3 is 2.67 bits per heavy atom. The maximum atomic E-state index is 12.3. The van der Waals surface area contributed by atoms with Gasteiger partial charge in [-0.1, -0.05) is 58.3 Å². The molecule has 30 heavy (non-hydrogen) atoms. The number of hydrogen-bond donors (Lipinski definition) is 1. The van der Waals surface area contributed by atoms with Crippen molar-refractivity contribution in [3.8, 4) is 5.75 Å². The second-order valence-corrected chi connectivity index (χ2v) is 8.88. The van der Waals surface area contributed by atoms with Gasteiger partial charge in [-0.3, -0.25) is 4.79 Å². The average molecular weight is 510 g/mol. The number of amides is 1. The number of benzene rings is 2. The zero-order valence-electron chi connectivity index (χ0n) is 16.9. The minimum absolute atomic E-state index is 0.172. The lowest BCUT2D eigenvalue weighted by Crippen LogP contribution is -2.15. The van der Waals surface area contributed by atoms with Crippen molar-refractivity contribution in [3.63, 3.8) is 0 Å². The van der Waals surface area contributed by atoms with Crippen LogP contribution in [0.5, 0.6) is 5.75 Å². The molecule has 6 nitrogen and oxygen atoms in total. The first kappa shape index (κ1) is 22.7. The van der Waals surface area contributed by atoms with Gasteiger partial charge in [0.15, 0.2) is 17.1 Å². The van der Waals surface area contributed by atoms with Crippen LogP contribution in [0.25, 0.3) is 0 Å². The predicted molar refractivity (Wildman–Crippen MR) is 124 cm³/mol. The van der Waals surface area contributed by atoms with Crippen LogP contribution in [-0.4, -0.2) is 26.4 Å². The Bertz CT molecular complexity index is 1030. The summed E-state index contributed by atoms with van der Waals surface area (Å²) < 4.78 is 8.69. The Morgan fingerprint density at radius 1 is 1.27 bits per heavy atom. The second kappa shape index (κ2) is 10.3. The third-order valence-corrected chi connectivity index (χ3v) is 6.24. The molecule has 1 aromatic heterocycles. The number of carbonyl (C=O) groups is 1. The van der Waals surface area contributed by atoms with Gasteiger partial charge in [0, 0.05) is 11.5 Å². The third kappa shape index (κ3) is 5.77. The maximum absolute atomic E-state index is 12.3. The van der Waals surface area contributed by atoms with Gasteiger partial charge in [-0.2, -0.15) is 0 Å². The van der Waals surface area contributed by atoms with Crippen molar-refractivity contribution in [2.24, 2.45) is 7.05 Å². The summed E-state index contributed by atoms with van der Waals surface area (Å²) in [5.74, 6) is 1.48. The van der Waals surface area contributed by atoms with Crippen LogP contribution in [0.2, 0.25) is 5.02 Å². The average Bonchev–Trinajstić information content (AvgIpc) is 3.09. The highest BCUT2D eigenvalue weighted by Gasteiger charge is 2.18.